The Bertz CT molecular complexity index is 759. The Labute approximate surface area is 157 Å². The lowest BCUT2D eigenvalue weighted by Crippen LogP contribution is -2.35. The van der Waals surface area contributed by atoms with Gasteiger partial charge in [0.25, 0.3) is 5.91 Å². The smallest absolute Gasteiger partial charge is 0.263 e. The monoisotopic (exact) mass is 377 g/mol. The predicted octanol–water partition coefficient (Wildman–Crippen LogP) is 3.22. The van der Waals surface area contributed by atoms with E-state index in [2.05, 4.69) is 15.6 Å². The number of carbonyl (C=O) groups excluding carboxylic acids is 2. The second-order valence-corrected chi connectivity index (χ2v) is 7.29. The van der Waals surface area contributed by atoms with Crippen molar-refractivity contribution in [3.8, 4) is 0 Å². The molecule has 0 saturated carbocycles. The Balaban J connectivity index is 1.88. The minimum absolute atomic E-state index is 0.0716. The van der Waals surface area contributed by atoms with Crippen LogP contribution >= 0.6 is 11.3 Å². The molecule has 5 nitrogen and oxygen atoms in total. The molecule has 2 amide bonds. The van der Waals surface area contributed by atoms with E-state index in [1.54, 1.807) is 19.1 Å². The number of hydrogen-bond acceptors (Lipinski definition) is 4. The van der Waals surface area contributed by atoms with Crippen molar-refractivity contribution in [1.29, 1.82) is 0 Å². The molecule has 26 heavy (non-hydrogen) atoms. The van der Waals surface area contributed by atoms with Crippen LogP contribution in [0.2, 0.25) is 0 Å². The van der Waals surface area contributed by atoms with Gasteiger partial charge in [0, 0.05) is 25.4 Å². The van der Waals surface area contributed by atoms with Crippen molar-refractivity contribution in [1.82, 2.24) is 15.6 Å². The number of carbonyl (C=O) groups is 2. The topological polar surface area (TPSA) is 71.1 Å². The Morgan fingerprint density at radius 1 is 1.27 bits per heavy atom. The zero-order valence-electron chi connectivity index (χ0n) is 15.3. The summed E-state index contributed by atoms with van der Waals surface area (Å²) >= 11 is 1.32. The zero-order valence-corrected chi connectivity index (χ0v) is 16.1. The molecule has 1 aromatic heterocycles. The van der Waals surface area contributed by atoms with E-state index >= 15 is 0 Å². The molecule has 1 heterocycles. The van der Waals surface area contributed by atoms with Gasteiger partial charge in [-0.3, -0.25) is 9.59 Å². The maximum absolute atomic E-state index is 13.0. The Morgan fingerprint density at radius 3 is 2.62 bits per heavy atom. The summed E-state index contributed by atoms with van der Waals surface area (Å²) in [6.07, 6.45) is 1.67. The molecule has 2 N–H and O–H groups in total. The second-order valence-electron chi connectivity index (χ2n) is 6.21. The van der Waals surface area contributed by atoms with Gasteiger partial charge < -0.3 is 10.6 Å². The fourth-order valence-corrected chi connectivity index (χ4v) is 3.35. The molecule has 0 fully saturated rings. The fourth-order valence-electron chi connectivity index (χ4n) is 2.33. The van der Waals surface area contributed by atoms with Crippen molar-refractivity contribution in [2.75, 3.05) is 6.54 Å². The van der Waals surface area contributed by atoms with E-state index in [1.807, 2.05) is 13.8 Å². The van der Waals surface area contributed by atoms with Crippen molar-refractivity contribution < 1.29 is 14.0 Å². The minimum Gasteiger partial charge on any atom is -0.354 e. The first kappa shape index (κ1) is 20.0. The molecule has 0 unspecified atom stereocenters. The standard InChI is InChI=1S/C19H24FN3O2S/c1-4-12(2)22-16(24)9-10-21-19(25)18-13(3)23-17(26-18)11-14-5-7-15(20)8-6-14/h5-8,12H,4,9-11H2,1-3H3,(H,21,25)(H,22,24)/t12-/m0/s1. The number of nitrogens with zero attached hydrogens (tertiary/aromatic N) is 1. The van der Waals surface area contributed by atoms with Crippen LogP contribution in [0.25, 0.3) is 0 Å². The van der Waals surface area contributed by atoms with Crippen molar-refractivity contribution in [3.05, 3.63) is 51.2 Å². The van der Waals surface area contributed by atoms with Gasteiger partial charge in [0.05, 0.1) is 10.7 Å². The van der Waals surface area contributed by atoms with Gasteiger partial charge in [-0.25, -0.2) is 9.37 Å². The van der Waals surface area contributed by atoms with Crippen LogP contribution in [0.5, 0.6) is 0 Å². The van der Waals surface area contributed by atoms with Gasteiger partial charge in [-0.15, -0.1) is 11.3 Å². The Kier molecular flexibility index (Phi) is 7.26. The van der Waals surface area contributed by atoms with Crippen LogP contribution in [0.4, 0.5) is 4.39 Å². The summed E-state index contributed by atoms with van der Waals surface area (Å²) in [7, 11) is 0. The van der Waals surface area contributed by atoms with E-state index < -0.39 is 0 Å². The van der Waals surface area contributed by atoms with E-state index in [4.69, 9.17) is 0 Å². The van der Waals surface area contributed by atoms with Gasteiger partial charge in [0.2, 0.25) is 5.91 Å². The predicted molar refractivity (Wildman–Crippen MR) is 101 cm³/mol. The van der Waals surface area contributed by atoms with Gasteiger partial charge in [-0.1, -0.05) is 19.1 Å². The van der Waals surface area contributed by atoms with Crippen LogP contribution in [-0.2, 0) is 11.2 Å². The lowest BCUT2D eigenvalue weighted by molar-refractivity contribution is -0.121. The van der Waals surface area contributed by atoms with Crippen molar-refractivity contribution >= 4 is 23.2 Å². The van der Waals surface area contributed by atoms with E-state index in [-0.39, 0.29) is 36.6 Å². The molecule has 1 atom stereocenters. The van der Waals surface area contributed by atoms with Gasteiger partial charge >= 0.3 is 0 Å². The van der Waals surface area contributed by atoms with Crippen LogP contribution < -0.4 is 10.6 Å². The number of thiazole rings is 1. The number of halogens is 1. The lowest BCUT2D eigenvalue weighted by Gasteiger charge is -2.11. The van der Waals surface area contributed by atoms with Crippen LogP contribution in [0, 0.1) is 12.7 Å². The fraction of sp³-hybridized carbons (Fsp3) is 0.421. The van der Waals surface area contributed by atoms with E-state index in [9.17, 15) is 14.0 Å². The van der Waals surface area contributed by atoms with E-state index in [0.29, 0.717) is 17.0 Å². The molecule has 1 aromatic carbocycles. The third-order valence-corrected chi connectivity index (χ3v) is 5.13. The molecular formula is C19H24FN3O2S. The van der Waals surface area contributed by atoms with Gasteiger partial charge in [-0.2, -0.15) is 0 Å². The number of hydrogen-bond donors (Lipinski definition) is 2. The van der Waals surface area contributed by atoms with Crippen molar-refractivity contribution in [2.45, 2.75) is 46.1 Å². The molecule has 0 bridgehead atoms. The van der Waals surface area contributed by atoms with E-state index in [0.717, 1.165) is 17.0 Å². The number of aryl methyl sites for hydroxylation is 1. The normalized spacial score (nSPS) is 11.8. The summed E-state index contributed by atoms with van der Waals surface area (Å²) in [5, 5.41) is 6.43. The maximum Gasteiger partial charge on any atom is 0.263 e. The highest BCUT2D eigenvalue weighted by Gasteiger charge is 2.16. The summed E-state index contributed by atoms with van der Waals surface area (Å²) in [4.78, 5) is 29.0. The molecule has 0 radical (unpaired) electrons. The number of nitrogens with one attached hydrogen (secondary N) is 2. The molecule has 7 heteroatoms. The van der Waals surface area contributed by atoms with Crippen molar-refractivity contribution in [3.63, 3.8) is 0 Å². The van der Waals surface area contributed by atoms with Crippen LogP contribution in [0.3, 0.4) is 0 Å². The highest BCUT2D eigenvalue weighted by atomic mass is 32.1. The highest BCUT2D eigenvalue weighted by Crippen LogP contribution is 2.21. The average Bonchev–Trinajstić information content (AvgIpc) is 2.97. The summed E-state index contributed by atoms with van der Waals surface area (Å²) in [6, 6.07) is 6.38. The van der Waals surface area contributed by atoms with Gasteiger partial charge in [-0.05, 0) is 38.0 Å². The molecule has 0 spiro atoms. The first-order chi connectivity index (χ1) is 12.4. The van der Waals surface area contributed by atoms with Gasteiger partial charge in [0.1, 0.15) is 10.7 Å². The summed E-state index contributed by atoms with van der Waals surface area (Å²) in [5.41, 5.74) is 1.60. The SMILES string of the molecule is CC[C@H](C)NC(=O)CCNC(=O)c1sc(Cc2ccc(F)cc2)nc1C. The molecule has 0 aliphatic carbocycles. The number of aromatic nitrogens is 1. The largest absolute Gasteiger partial charge is 0.354 e. The molecule has 0 aliphatic rings. The first-order valence-corrected chi connectivity index (χ1v) is 9.49. The van der Waals surface area contributed by atoms with Crippen LogP contribution in [0.1, 0.15) is 52.6 Å². The minimum atomic E-state index is -0.276. The van der Waals surface area contributed by atoms with Crippen molar-refractivity contribution in [2.24, 2.45) is 0 Å². The Hall–Kier alpha value is -2.28. The highest BCUT2D eigenvalue weighted by molar-refractivity contribution is 7.13. The first-order valence-electron chi connectivity index (χ1n) is 8.67. The van der Waals surface area contributed by atoms with Gasteiger partial charge in [0.15, 0.2) is 0 Å². The lowest BCUT2D eigenvalue weighted by atomic mass is 10.1. The molecule has 140 valence electrons. The third kappa shape index (κ3) is 5.91. The van der Waals surface area contributed by atoms with Crippen LogP contribution in [-0.4, -0.2) is 29.4 Å². The maximum atomic E-state index is 13.0. The summed E-state index contributed by atoms with van der Waals surface area (Å²) in [6.45, 7) is 6.02. The zero-order chi connectivity index (χ0) is 19.1. The van der Waals surface area contributed by atoms with E-state index in [1.165, 1.54) is 23.5 Å². The third-order valence-electron chi connectivity index (χ3n) is 3.97. The number of benzene rings is 1. The molecule has 0 saturated heterocycles. The second kappa shape index (κ2) is 9.43. The average molecular weight is 377 g/mol. The number of amides is 2. The quantitative estimate of drug-likeness (QED) is 0.742. The Morgan fingerprint density at radius 2 is 1.96 bits per heavy atom. The molecule has 2 aromatic rings. The molecule has 0 aliphatic heterocycles. The summed E-state index contributed by atoms with van der Waals surface area (Å²) in [5.74, 6) is -0.569. The summed E-state index contributed by atoms with van der Waals surface area (Å²) < 4.78 is 13.0. The molecular weight excluding hydrogens is 353 g/mol. The molecule has 2 rings (SSSR count). The van der Waals surface area contributed by atoms with Crippen LogP contribution in [0.15, 0.2) is 24.3 Å². The number of rotatable bonds is 8.